The van der Waals surface area contributed by atoms with Crippen LogP contribution < -0.4 is 10.1 Å². The molecule has 1 heterocycles. The summed E-state index contributed by atoms with van der Waals surface area (Å²) in [5.74, 6) is 1.22. The highest BCUT2D eigenvalue weighted by Crippen LogP contribution is 2.21. The number of hydrogen-bond donors (Lipinski definition) is 1. The number of nitrogens with zero attached hydrogens (tertiary/aromatic N) is 1. The van der Waals surface area contributed by atoms with Crippen molar-refractivity contribution < 1.29 is 13.9 Å². The van der Waals surface area contributed by atoms with Crippen molar-refractivity contribution in [2.75, 3.05) is 19.7 Å². The summed E-state index contributed by atoms with van der Waals surface area (Å²) in [4.78, 5) is 15.0. The summed E-state index contributed by atoms with van der Waals surface area (Å²) >= 11 is 0. The van der Waals surface area contributed by atoms with Crippen LogP contribution in [0.4, 0.5) is 4.39 Å². The number of alkyl halides is 1. The minimum Gasteiger partial charge on any atom is -0.493 e. The van der Waals surface area contributed by atoms with Crippen LogP contribution in [0.2, 0.25) is 0 Å². The molecule has 1 aliphatic heterocycles. The fourth-order valence-corrected chi connectivity index (χ4v) is 3.68. The van der Waals surface area contributed by atoms with Crippen LogP contribution >= 0.6 is 0 Å². The van der Waals surface area contributed by atoms with E-state index in [1.165, 1.54) is 5.56 Å². The number of carbonyl (C=O) groups excluding carboxylic acids is 1. The quantitative estimate of drug-likeness (QED) is 0.703. The van der Waals surface area contributed by atoms with Gasteiger partial charge < -0.3 is 15.0 Å². The molecule has 1 fully saturated rings. The number of rotatable bonds is 8. The first-order valence-corrected chi connectivity index (χ1v) is 10.8. The summed E-state index contributed by atoms with van der Waals surface area (Å²) in [5.41, 5.74) is 3.11. The van der Waals surface area contributed by atoms with Crippen LogP contribution in [0.25, 0.3) is 0 Å². The average molecular weight is 413 g/mol. The summed E-state index contributed by atoms with van der Waals surface area (Å²) in [6.07, 6.45) is -0.173. The molecule has 5 heteroatoms. The Balaban J connectivity index is 1.71. The number of hydrogen-bond acceptors (Lipinski definition) is 3. The summed E-state index contributed by atoms with van der Waals surface area (Å²) < 4.78 is 20.4. The fourth-order valence-electron chi connectivity index (χ4n) is 3.68. The van der Waals surface area contributed by atoms with Crippen LogP contribution in [-0.2, 0) is 17.8 Å². The normalized spacial score (nSPS) is 19.0. The van der Waals surface area contributed by atoms with E-state index in [0.717, 1.165) is 23.4 Å². The molecule has 0 radical (unpaired) electrons. The number of aryl methyl sites for hydroxylation is 1. The number of halogens is 1. The smallest absolute Gasteiger partial charge is 0.227 e. The number of carbonyl (C=O) groups is 1. The molecule has 2 aromatic carbocycles. The minimum atomic E-state index is -1.06. The Morgan fingerprint density at radius 3 is 2.43 bits per heavy atom. The van der Waals surface area contributed by atoms with E-state index in [2.05, 4.69) is 19.2 Å². The Bertz CT molecular complexity index is 805. The fraction of sp³-hybridized carbons (Fsp3) is 0.480. The maximum atomic E-state index is 14.7. The molecule has 3 rings (SSSR count). The van der Waals surface area contributed by atoms with Crippen molar-refractivity contribution in [1.82, 2.24) is 10.2 Å². The third kappa shape index (κ3) is 6.30. The molecule has 0 spiro atoms. The van der Waals surface area contributed by atoms with Gasteiger partial charge in [0, 0.05) is 13.1 Å². The molecule has 0 saturated carbocycles. The summed E-state index contributed by atoms with van der Waals surface area (Å²) in [6.45, 7) is 8.36. The molecule has 4 nitrogen and oxygen atoms in total. The van der Waals surface area contributed by atoms with E-state index < -0.39 is 12.2 Å². The molecule has 0 bridgehead atoms. The van der Waals surface area contributed by atoms with Gasteiger partial charge in [0.2, 0.25) is 5.91 Å². The topological polar surface area (TPSA) is 41.6 Å². The van der Waals surface area contributed by atoms with Crippen LogP contribution in [-0.4, -0.2) is 42.7 Å². The molecule has 2 atom stereocenters. The Morgan fingerprint density at radius 2 is 1.80 bits per heavy atom. The van der Waals surface area contributed by atoms with E-state index in [-0.39, 0.29) is 12.3 Å². The van der Waals surface area contributed by atoms with Gasteiger partial charge in [-0.2, -0.15) is 0 Å². The summed E-state index contributed by atoms with van der Waals surface area (Å²) in [7, 11) is 0. The van der Waals surface area contributed by atoms with Gasteiger partial charge in [0.15, 0.2) is 0 Å². The second-order valence-electron chi connectivity index (χ2n) is 8.61. The van der Waals surface area contributed by atoms with E-state index in [1.807, 2.05) is 55.5 Å². The van der Waals surface area contributed by atoms with Crippen LogP contribution in [0.1, 0.15) is 37.0 Å². The lowest BCUT2D eigenvalue weighted by Gasteiger charge is -2.37. The number of nitrogens with one attached hydrogen (secondary N) is 1. The van der Waals surface area contributed by atoms with Crippen molar-refractivity contribution in [3.8, 4) is 5.75 Å². The van der Waals surface area contributed by atoms with Crippen molar-refractivity contribution in [1.29, 1.82) is 0 Å². The monoisotopic (exact) mass is 412 g/mol. The van der Waals surface area contributed by atoms with Crippen molar-refractivity contribution >= 4 is 5.91 Å². The van der Waals surface area contributed by atoms with Gasteiger partial charge in [-0.25, -0.2) is 4.39 Å². The Labute approximate surface area is 179 Å². The molecular weight excluding hydrogens is 379 g/mol. The van der Waals surface area contributed by atoms with Crippen molar-refractivity contribution in [2.24, 2.45) is 5.92 Å². The summed E-state index contributed by atoms with van der Waals surface area (Å²) in [5, 5.41) is 3.08. The second kappa shape index (κ2) is 10.6. The van der Waals surface area contributed by atoms with Gasteiger partial charge in [0.05, 0.1) is 19.1 Å². The van der Waals surface area contributed by atoms with E-state index >= 15 is 0 Å². The maximum Gasteiger partial charge on any atom is 0.227 e. The SMILES string of the molecule is Cc1ccc(CN(C(=O)Cc2ccc(OCC(C)C)cc2)[C@@H]2CCNC[C@@H]2F)cc1. The zero-order valence-electron chi connectivity index (χ0n) is 18.2. The van der Waals surface area contributed by atoms with E-state index in [1.54, 1.807) is 4.90 Å². The zero-order valence-corrected chi connectivity index (χ0v) is 18.2. The Kier molecular flexibility index (Phi) is 7.86. The maximum absolute atomic E-state index is 14.7. The minimum absolute atomic E-state index is 0.0408. The number of piperidine rings is 1. The first-order chi connectivity index (χ1) is 14.4. The predicted octanol–water partition coefficient (Wildman–Crippen LogP) is 4.30. The van der Waals surface area contributed by atoms with Crippen LogP contribution in [0.15, 0.2) is 48.5 Å². The molecular formula is C25H33FN2O2. The van der Waals surface area contributed by atoms with Gasteiger partial charge in [-0.1, -0.05) is 55.8 Å². The lowest BCUT2D eigenvalue weighted by Crippen LogP contribution is -2.53. The zero-order chi connectivity index (χ0) is 21.5. The van der Waals surface area contributed by atoms with Gasteiger partial charge in [-0.15, -0.1) is 0 Å². The molecule has 0 aromatic heterocycles. The highest BCUT2D eigenvalue weighted by molar-refractivity contribution is 5.79. The largest absolute Gasteiger partial charge is 0.493 e. The molecule has 1 aliphatic rings. The highest BCUT2D eigenvalue weighted by Gasteiger charge is 2.33. The van der Waals surface area contributed by atoms with Crippen LogP contribution in [0.5, 0.6) is 5.75 Å². The third-order valence-electron chi connectivity index (χ3n) is 5.43. The van der Waals surface area contributed by atoms with Gasteiger partial charge in [-0.05, 0) is 49.1 Å². The van der Waals surface area contributed by atoms with Crippen molar-refractivity contribution in [2.45, 2.75) is 52.4 Å². The first kappa shape index (κ1) is 22.3. The molecule has 0 unspecified atom stereocenters. The number of ether oxygens (including phenoxy) is 1. The Hall–Kier alpha value is -2.40. The Morgan fingerprint density at radius 1 is 1.13 bits per heavy atom. The highest BCUT2D eigenvalue weighted by atomic mass is 19.1. The summed E-state index contributed by atoms with van der Waals surface area (Å²) in [6, 6.07) is 15.4. The molecule has 30 heavy (non-hydrogen) atoms. The number of amides is 1. The van der Waals surface area contributed by atoms with E-state index in [9.17, 15) is 9.18 Å². The molecule has 162 valence electrons. The van der Waals surface area contributed by atoms with Gasteiger partial charge in [-0.3, -0.25) is 4.79 Å². The van der Waals surface area contributed by atoms with E-state index in [4.69, 9.17) is 4.74 Å². The van der Waals surface area contributed by atoms with Gasteiger partial charge in [0.25, 0.3) is 0 Å². The van der Waals surface area contributed by atoms with Gasteiger partial charge >= 0.3 is 0 Å². The molecule has 2 aromatic rings. The van der Waals surface area contributed by atoms with Crippen molar-refractivity contribution in [3.63, 3.8) is 0 Å². The predicted molar refractivity (Wildman–Crippen MR) is 118 cm³/mol. The average Bonchev–Trinajstić information content (AvgIpc) is 2.73. The van der Waals surface area contributed by atoms with Crippen LogP contribution in [0, 0.1) is 12.8 Å². The van der Waals surface area contributed by atoms with Crippen molar-refractivity contribution in [3.05, 3.63) is 65.2 Å². The number of benzene rings is 2. The third-order valence-corrected chi connectivity index (χ3v) is 5.43. The second-order valence-corrected chi connectivity index (χ2v) is 8.61. The molecule has 1 amide bonds. The first-order valence-electron chi connectivity index (χ1n) is 10.8. The lowest BCUT2D eigenvalue weighted by molar-refractivity contribution is -0.135. The lowest BCUT2D eigenvalue weighted by atomic mass is 10.00. The van der Waals surface area contributed by atoms with Gasteiger partial charge in [0.1, 0.15) is 11.9 Å². The standard InChI is InChI=1S/C25H33FN2O2/c1-18(2)17-30-22-10-8-20(9-11-22)14-25(29)28(24-12-13-27-15-23(24)26)16-21-6-4-19(3)5-7-21/h4-11,18,23-24,27H,12-17H2,1-3H3/t23-,24+/m0/s1. The molecule has 1 N–H and O–H groups in total. The molecule has 1 saturated heterocycles. The van der Waals surface area contributed by atoms with Crippen LogP contribution in [0.3, 0.4) is 0 Å². The van der Waals surface area contributed by atoms with E-state index in [0.29, 0.717) is 32.0 Å². The molecule has 0 aliphatic carbocycles.